The number of piperidine rings is 1. The maximum atomic E-state index is 14.2. The molecular formula is C31H32FN3O2. The van der Waals surface area contributed by atoms with Crippen molar-refractivity contribution in [2.24, 2.45) is 0 Å². The van der Waals surface area contributed by atoms with Crippen molar-refractivity contribution in [3.63, 3.8) is 0 Å². The first-order valence-electron chi connectivity index (χ1n) is 12.5. The first-order chi connectivity index (χ1) is 17.8. The Morgan fingerprint density at radius 3 is 2.30 bits per heavy atom. The number of carbonyl (C=O) groups excluding carboxylic acids is 2. The number of hydrogen-bond donors (Lipinski definition) is 2. The molecule has 2 N–H and O–H groups in total. The number of allylic oxidation sites excluding steroid dienone is 2. The summed E-state index contributed by atoms with van der Waals surface area (Å²) < 4.78 is 14.2. The lowest BCUT2D eigenvalue weighted by molar-refractivity contribution is 0.0712. The van der Waals surface area contributed by atoms with Crippen molar-refractivity contribution in [2.45, 2.75) is 39.5 Å². The molecule has 0 atom stereocenters. The number of aryl methyl sites for hydroxylation is 2. The summed E-state index contributed by atoms with van der Waals surface area (Å²) in [7, 11) is 0. The topological polar surface area (TPSA) is 73.3 Å². The van der Waals surface area contributed by atoms with E-state index >= 15 is 0 Å². The van der Waals surface area contributed by atoms with E-state index in [1.54, 1.807) is 31.2 Å². The molecule has 0 bridgehead atoms. The Labute approximate surface area is 217 Å². The number of nitrogens with one attached hydrogen (secondary N) is 2. The summed E-state index contributed by atoms with van der Waals surface area (Å²) in [6.45, 7) is 6.87. The minimum Gasteiger partial charge on any atom is -0.339 e. The molecule has 3 aromatic carbocycles. The Bertz CT molecular complexity index is 1350. The summed E-state index contributed by atoms with van der Waals surface area (Å²) >= 11 is 0. The Hall–Kier alpha value is -4.06. The highest BCUT2D eigenvalue weighted by Gasteiger charge is 2.25. The summed E-state index contributed by atoms with van der Waals surface area (Å²) in [5.74, 6) is -0.815. The third-order valence-electron chi connectivity index (χ3n) is 7.06. The van der Waals surface area contributed by atoms with Gasteiger partial charge in [-0.1, -0.05) is 48.0 Å². The fraction of sp³-hybridized carbons (Fsp3) is 0.258. The Kier molecular flexibility index (Phi) is 7.97. The molecule has 0 radical (unpaired) electrons. The van der Waals surface area contributed by atoms with Crippen LogP contribution in [-0.2, 0) is 0 Å². The van der Waals surface area contributed by atoms with Crippen LogP contribution in [0.4, 0.5) is 10.1 Å². The highest BCUT2D eigenvalue weighted by atomic mass is 19.1. The molecule has 1 fully saturated rings. The fourth-order valence-corrected chi connectivity index (χ4v) is 4.77. The van der Waals surface area contributed by atoms with Crippen LogP contribution in [0.5, 0.6) is 0 Å². The number of benzene rings is 3. The van der Waals surface area contributed by atoms with Crippen molar-refractivity contribution in [3.8, 4) is 0 Å². The molecule has 1 saturated heterocycles. The lowest BCUT2D eigenvalue weighted by atomic mass is 9.88. The van der Waals surface area contributed by atoms with E-state index in [2.05, 4.69) is 29.6 Å². The van der Waals surface area contributed by atoms with E-state index in [0.29, 0.717) is 30.3 Å². The van der Waals surface area contributed by atoms with Gasteiger partial charge in [-0.25, -0.2) is 4.39 Å². The van der Waals surface area contributed by atoms with Crippen LogP contribution in [0, 0.1) is 25.1 Å². The SMILES string of the molecule is C/C=C(\C=N)c1ccc(C2CCN(C(=O)c3ccc(C)c(NC(=O)c4cc(C)ccc4F)c3)CC2)cc1. The highest BCUT2D eigenvalue weighted by molar-refractivity contribution is 6.08. The quantitative estimate of drug-likeness (QED) is 0.369. The molecule has 1 aliphatic heterocycles. The summed E-state index contributed by atoms with van der Waals surface area (Å²) in [4.78, 5) is 27.9. The second-order valence-electron chi connectivity index (χ2n) is 9.54. The predicted octanol–water partition coefficient (Wildman–Crippen LogP) is 6.77. The second kappa shape index (κ2) is 11.3. The molecule has 3 aromatic rings. The summed E-state index contributed by atoms with van der Waals surface area (Å²) in [5, 5.41) is 10.3. The van der Waals surface area contributed by atoms with E-state index in [-0.39, 0.29) is 11.5 Å². The standard InChI is InChI=1S/C31H32FN3O2/c1-4-22(19-33)23-8-10-24(11-9-23)25-13-15-35(16-14-25)31(37)26-7-6-21(3)29(18-26)34-30(36)27-17-20(2)5-12-28(27)32/h4-12,17-19,25,33H,13-16H2,1-3H3,(H,34,36)/b22-4+,33-19?. The van der Waals surface area contributed by atoms with Crippen LogP contribution in [0.25, 0.3) is 5.57 Å². The van der Waals surface area contributed by atoms with Gasteiger partial charge >= 0.3 is 0 Å². The zero-order chi connectivity index (χ0) is 26.5. The smallest absolute Gasteiger partial charge is 0.258 e. The van der Waals surface area contributed by atoms with Gasteiger partial charge in [0.05, 0.1) is 5.56 Å². The molecule has 0 spiro atoms. The largest absolute Gasteiger partial charge is 0.339 e. The van der Waals surface area contributed by atoms with E-state index in [9.17, 15) is 14.0 Å². The maximum Gasteiger partial charge on any atom is 0.258 e. The monoisotopic (exact) mass is 497 g/mol. The van der Waals surface area contributed by atoms with Crippen LogP contribution in [0.15, 0.2) is 66.7 Å². The first-order valence-corrected chi connectivity index (χ1v) is 12.5. The second-order valence-corrected chi connectivity index (χ2v) is 9.54. The van der Waals surface area contributed by atoms with Gasteiger partial charge in [0.2, 0.25) is 0 Å². The highest BCUT2D eigenvalue weighted by Crippen LogP contribution is 2.30. The third-order valence-corrected chi connectivity index (χ3v) is 7.06. The van der Waals surface area contributed by atoms with Crippen LogP contribution in [0.3, 0.4) is 0 Å². The van der Waals surface area contributed by atoms with Crippen LogP contribution in [-0.4, -0.2) is 36.0 Å². The number of amides is 2. The van der Waals surface area contributed by atoms with Gasteiger partial charge in [-0.2, -0.15) is 0 Å². The van der Waals surface area contributed by atoms with Crippen LogP contribution in [0.2, 0.25) is 0 Å². The first kappa shape index (κ1) is 26.0. The van der Waals surface area contributed by atoms with Crippen molar-refractivity contribution in [3.05, 3.63) is 106 Å². The van der Waals surface area contributed by atoms with Gasteiger partial charge in [0, 0.05) is 30.6 Å². The zero-order valence-corrected chi connectivity index (χ0v) is 21.5. The molecule has 37 heavy (non-hydrogen) atoms. The lowest BCUT2D eigenvalue weighted by Gasteiger charge is -2.32. The number of anilines is 1. The Morgan fingerprint density at radius 1 is 0.973 bits per heavy atom. The molecule has 4 rings (SSSR count). The molecule has 1 heterocycles. The third kappa shape index (κ3) is 5.85. The van der Waals surface area contributed by atoms with Crippen molar-refractivity contribution < 1.29 is 14.0 Å². The van der Waals surface area contributed by atoms with Gasteiger partial charge in [-0.3, -0.25) is 9.59 Å². The summed E-state index contributed by atoms with van der Waals surface area (Å²) in [6.07, 6.45) is 5.03. The van der Waals surface area contributed by atoms with Crippen molar-refractivity contribution in [1.82, 2.24) is 4.90 Å². The Morgan fingerprint density at radius 2 is 1.65 bits per heavy atom. The molecule has 0 aliphatic carbocycles. The lowest BCUT2D eigenvalue weighted by Crippen LogP contribution is -2.38. The number of halogens is 1. The molecule has 1 aliphatic rings. The number of hydrogen-bond acceptors (Lipinski definition) is 3. The van der Waals surface area contributed by atoms with Crippen molar-refractivity contribution >= 4 is 29.3 Å². The van der Waals surface area contributed by atoms with Gasteiger partial charge < -0.3 is 15.6 Å². The summed E-state index contributed by atoms with van der Waals surface area (Å²) in [6, 6.07) is 18.0. The molecule has 2 amide bonds. The van der Waals surface area contributed by atoms with E-state index in [1.807, 2.05) is 24.8 Å². The van der Waals surface area contributed by atoms with E-state index in [0.717, 1.165) is 35.1 Å². The van der Waals surface area contributed by atoms with Crippen LogP contribution < -0.4 is 5.32 Å². The number of nitrogens with zero attached hydrogens (tertiary/aromatic N) is 1. The van der Waals surface area contributed by atoms with Crippen molar-refractivity contribution in [2.75, 3.05) is 18.4 Å². The van der Waals surface area contributed by atoms with Crippen molar-refractivity contribution in [1.29, 1.82) is 5.41 Å². The van der Waals surface area contributed by atoms with Gasteiger partial charge in [-0.15, -0.1) is 0 Å². The van der Waals surface area contributed by atoms with E-state index in [1.165, 1.54) is 23.9 Å². The number of rotatable bonds is 6. The molecule has 5 nitrogen and oxygen atoms in total. The molecular weight excluding hydrogens is 465 g/mol. The van der Waals surface area contributed by atoms with Gasteiger partial charge in [0.15, 0.2) is 0 Å². The van der Waals surface area contributed by atoms with Crippen LogP contribution >= 0.6 is 0 Å². The summed E-state index contributed by atoms with van der Waals surface area (Å²) in [5.41, 5.74) is 5.73. The molecule has 6 heteroatoms. The predicted molar refractivity (Wildman–Crippen MR) is 147 cm³/mol. The van der Waals surface area contributed by atoms with Crippen LogP contribution in [0.1, 0.15) is 68.7 Å². The molecule has 0 unspecified atom stereocenters. The minimum atomic E-state index is -0.581. The van der Waals surface area contributed by atoms with Gasteiger partial charge in [0.25, 0.3) is 11.8 Å². The van der Waals surface area contributed by atoms with E-state index < -0.39 is 11.7 Å². The number of likely N-dealkylation sites (tertiary alicyclic amines) is 1. The maximum absolute atomic E-state index is 14.2. The average Bonchev–Trinajstić information content (AvgIpc) is 2.92. The average molecular weight is 498 g/mol. The fourth-order valence-electron chi connectivity index (χ4n) is 4.77. The van der Waals surface area contributed by atoms with Gasteiger partial charge in [-0.05, 0) is 86.1 Å². The Balaban J connectivity index is 1.42. The molecule has 0 aromatic heterocycles. The number of carbonyl (C=O) groups is 2. The molecule has 0 saturated carbocycles. The van der Waals surface area contributed by atoms with E-state index in [4.69, 9.17) is 5.41 Å². The minimum absolute atomic E-state index is 0.0222. The zero-order valence-electron chi connectivity index (χ0n) is 21.5. The normalized spacial score (nSPS) is 14.4. The van der Waals surface area contributed by atoms with Gasteiger partial charge in [0.1, 0.15) is 5.82 Å². The molecule has 190 valence electrons.